The molecule has 0 aromatic carbocycles. The van der Waals surface area contributed by atoms with Crippen LogP contribution in [0.3, 0.4) is 0 Å². The van der Waals surface area contributed by atoms with Gasteiger partial charge in [0.15, 0.2) is 0 Å². The minimum Gasteiger partial charge on any atom is -0.356 e. The Labute approximate surface area is 105 Å². The molecule has 16 heavy (non-hydrogen) atoms. The predicted octanol–water partition coefficient (Wildman–Crippen LogP) is 1.95. The highest BCUT2D eigenvalue weighted by molar-refractivity contribution is 5.85. The van der Waals surface area contributed by atoms with E-state index in [4.69, 9.17) is 5.73 Å². The topological polar surface area (TPSA) is 55.1 Å². The number of nitrogens with one attached hydrogen (secondary N) is 1. The molecule has 3 nitrogen and oxygen atoms in total. The summed E-state index contributed by atoms with van der Waals surface area (Å²) in [6.45, 7) is 5.44. The molecule has 1 rings (SSSR count). The van der Waals surface area contributed by atoms with Gasteiger partial charge in [-0.05, 0) is 18.3 Å². The molecule has 96 valence electrons. The first-order chi connectivity index (χ1) is 7.15. The van der Waals surface area contributed by atoms with Crippen LogP contribution in [-0.4, -0.2) is 19.0 Å². The molecule has 1 fully saturated rings. The monoisotopic (exact) mass is 248 g/mol. The van der Waals surface area contributed by atoms with E-state index in [0.29, 0.717) is 12.5 Å². The Morgan fingerprint density at radius 2 is 2.06 bits per heavy atom. The zero-order valence-electron chi connectivity index (χ0n) is 10.4. The number of hydrogen-bond donors (Lipinski definition) is 2. The maximum absolute atomic E-state index is 11.5. The minimum absolute atomic E-state index is 0. The average Bonchev–Trinajstić information content (AvgIpc) is 2.26. The van der Waals surface area contributed by atoms with E-state index in [1.165, 1.54) is 25.7 Å². The lowest BCUT2D eigenvalue weighted by atomic mass is 9.80. The zero-order valence-corrected chi connectivity index (χ0v) is 11.2. The summed E-state index contributed by atoms with van der Waals surface area (Å²) in [7, 11) is 0. The second-order valence-corrected chi connectivity index (χ2v) is 4.90. The Bertz CT molecular complexity index is 211. The zero-order chi connectivity index (χ0) is 11.3. The van der Waals surface area contributed by atoms with Crippen LogP contribution in [0.25, 0.3) is 0 Å². The molecule has 3 unspecified atom stereocenters. The van der Waals surface area contributed by atoms with E-state index in [1.54, 1.807) is 0 Å². The van der Waals surface area contributed by atoms with Crippen molar-refractivity contribution >= 4 is 18.3 Å². The molecule has 0 saturated heterocycles. The van der Waals surface area contributed by atoms with E-state index in [1.807, 2.05) is 6.92 Å². The lowest BCUT2D eigenvalue weighted by molar-refractivity contribution is -0.124. The van der Waals surface area contributed by atoms with E-state index in [2.05, 4.69) is 12.2 Å². The molecule has 0 spiro atoms. The molecule has 0 radical (unpaired) electrons. The summed E-state index contributed by atoms with van der Waals surface area (Å²) in [5.74, 6) is 1.49. The first kappa shape index (κ1) is 15.7. The maximum atomic E-state index is 11.5. The molecule has 3 atom stereocenters. The molecule has 1 saturated carbocycles. The molecule has 0 aliphatic heterocycles. The number of halogens is 1. The molecule has 3 N–H and O–H groups in total. The molecule has 1 aliphatic carbocycles. The van der Waals surface area contributed by atoms with Crippen LogP contribution in [0.2, 0.25) is 0 Å². The third-order valence-electron chi connectivity index (χ3n) is 3.63. The van der Waals surface area contributed by atoms with Gasteiger partial charge in [-0.1, -0.05) is 33.1 Å². The lowest BCUT2D eigenvalue weighted by Gasteiger charge is -2.29. The standard InChI is InChI=1S/C12H24N2O.ClH/c1-9-5-3-4-6-11(9)8-14-12(15)10(2)7-13;/h9-11H,3-8,13H2,1-2H3,(H,14,15);1H. The summed E-state index contributed by atoms with van der Waals surface area (Å²) in [6, 6.07) is 0. The summed E-state index contributed by atoms with van der Waals surface area (Å²) < 4.78 is 0. The van der Waals surface area contributed by atoms with Crippen molar-refractivity contribution in [2.45, 2.75) is 39.5 Å². The van der Waals surface area contributed by atoms with Crippen LogP contribution in [0.5, 0.6) is 0 Å². The fraction of sp³-hybridized carbons (Fsp3) is 0.917. The average molecular weight is 249 g/mol. The molecule has 0 heterocycles. The van der Waals surface area contributed by atoms with Gasteiger partial charge in [0.05, 0.1) is 0 Å². The van der Waals surface area contributed by atoms with Crippen LogP contribution in [0.1, 0.15) is 39.5 Å². The molecule has 1 aliphatic rings. The Morgan fingerprint density at radius 1 is 1.44 bits per heavy atom. The van der Waals surface area contributed by atoms with Crippen LogP contribution in [0, 0.1) is 17.8 Å². The molecule has 1 amide bonds. The van der Waals surface area contributed by atoms with E-state index < -0.39 is 0 Å². The van der Waals surface area contributed by atoms with Crippen molar-refractivity contribution in [3.05, 3.63) is 0 Å². The second-order valence-electron chi connectivity index (χ2n) is 4.90. The van der Waals surface area contributed by atoms with Gasteiger partial charge < -0.3 is 11.1 Å². The number of nitrogens with two attached hydrogens (primary N) is 1. The van der Waals surface area contributed by atoms with Gasteiger partial charge in [0, 0.05) is 19.0 Å². The van der Waals surface area contributed by atoms with Gasteiger partial charge in [0.25, 0.3) is 0 Å². The maximum Gasteiger partial charge on any atom is 0.224 e. The third-order valence-corrected chi connectivity index (χ3v) is 3.63. The molecule has 0 bridgehead atoms. The molecule has 4 heteroatoms. The van der Waals surface area contributed by atoms with Gasteiger partial charge >= 0.3 is 0 Å². The first-order valence-electron chi connectivity index (χ1n) is 6.13. The lowest BCUT2D eigenvalue weighted by Crippen LogP contribution is -2.38. The van der Waals surface area contributed by atoms with Crippen molar-refractivity contribution in [3.63, 3.8) is 0 Å². The second kappa shape index (κ2) is 7.91. The smallest absolute Gasteiger partial charge is 0.224 e. The van der Waals surface area contributed by atoms with E-state index in [0.717, 1.165) is 12.5 Å². The summed E-state index contributed by atoms with van der Waals surface area (Å²) in [6.07, 6.45) is 5.24. The quantitative estimate of drug-likeness (QED) is 0.799. The number of rotatable bonds is 4. The number of carbonyl (C=O) groups is 1. The highest BCUT2D eigenvalue weighted by Crippen LogP contribution is 2.28. The molecular formula is C12H25ClN2O. The minimum atomic E-state index is -0.0519. The van der Waals surface area contributed by atoms with Crippen molar-refractivity contribution in [3.8, 4) is 0 Å². The van der Waals surface area contributed by atoms with E-state index >= 15 is 0 Å². The van der Waals surface area contributed by atoms with Gasteiger partial charge in [-0.15, -0.1) is 12.4 Å². The van der Waals surface area contributed by atoms with Crippen LogP contribution in [-0.2, 0) is 4.79 Å². The van der Waals surface area contributed by atoms with Crippen LogP contribution < -0.4 is 11.1 Å². The van der Waals surface area contributed by atoms with Crippen molar-refractivity contribution in [2.75, 3.05) is 13.1 Å². The molecule has 0 aromatic heterocycles. The van der Waals surface area contributed by atoms with Crippen LogP contribution >= 0.6 is 12.4 Å². The van der Waals surface area contributed by atoms with Crippen molar-refractivity contribution in [2.24, 2.45) is 23.5 Å². The fourth-order valence-electron chi connectivity index (χ4n) is 2.21. The first-order valence-corrected chi connectivity index (χ1v) is 6.13. The summed E-state index contributed by atoms with van der Waals surface area (Å²) in [5.41, 5.74) is 5.45. The normalized spacial score (nSPS) is 26.7. The van der Waals surface area contributed by atoms with Gasteiger partial charge in [0.2, 0.25) is 5.91 Å². The number of carbonyl (C=O) groups excluding carboxylic acids is 1. The van der Waals surface area contributed by atoms with E-state index in [9.17, 15) is 4.79 Å². The van der Waals surface area contributed by atoms with E-state index in [-0.39, 0.29) is 24.2 Å². The number of amides is 1. The highest BCUT2D eigenvalue weighted by atomic mass is 35.5. The Kier molecular flexibility index (Phi) is 7.77. The Morgan fingerprint density at radius 3 is 2.62 bits per heavy atom. The number of hydrogen-bond acceptors (Lipinski definition) is 2. The van der Waals surface area contributed by atoms with Gasteiger partial charge in [-0.2, -0.15) is 0 Å². The Balaban J connectivity index is 0.00000225. The van der Waals surface area contributed by atoms with Crippen LogP contribution in [0.15, 0.2) is 0 Å². The SMILES string of the molecule is CC(CN)C(=O)NCC1CCCCC1C.Cl. The van der Waals surface area contributed by atoms with Gasteiger partial charge in [0.1, 0.15) is 0 Å². The third kappa shape index (κ3) is 4.71. The fourth-order valence-corrected chi connectivity index (χ4v) is 2.21. The molecule has 0 aromatic rings. The summed E-state index contributed by atoms with van der Waals surface area (Å²) >= 11 is 0. The highest BCUT2D eigenvalue weighted by Gasteiger charge is 2.22. The predicted molar refractivity (Wildman–Crippen MR) is 69.6 cm³/mol. The summed E-state index contributed by atoms with van der Waals surface area (Å²) in [5, 5.41) is 3.01. The van der Waals surface area contributed by atoms with Crippen molar-refractivity contribution < 1.29 is 4.79 Å². The summed E-state index contributed by atoms with van der Waals surface area (Å²) in [4.78, 5) is 11.5. The van der Waals surface area contributed by atoms with Gasteiger partial charge in [-0.3, -0.25) is 4.79 Å². The molecular weight excluding hydrogens is 224 g/mol. The Hall–Kier alpha value is -0.280. The van der Waals surface area contributed by atoms with Crippen molar-refractivity contribution in [1.29, 1.82) is 0 Å². The van der Waals surface area contributed by atoms with Gasteiger partial charge in [-0.25, -0.2) is 0 Å². The van der Waals surface area contributed by atoms with Crippen LogP contribution in [0.4, 0.5) is 0 Å². The van der Waals surface area contributed by atoms with Crippen molar-refractivity contribution in [1.82, 2.24) is 5.32 Å². The largest absolute Gasteiger partial charge is 0.356 e.